The van der Waals surface area contributed by atoms with Gasteiger partial charge in [-0.15, -0.1) is 0 Å². The molecule has 1 amide bonds. The summed E-state index contributed by atoms with van der Waals surface area (Å²) < 4.78 is 39.4. The van der Waals surface area contributed by atoms with Crippen molar-refractivity contribution in [2.75, 3.05) is 0 Å². The molecule has 0 aliphatic rings. The third kappa shape index (κ3) is 4.98. The van der Waals surface area contributed by atoms with Gasteiger partial charge in [0, 0.05) is 12.6 Å². The normalized spacial score (nSPS) is 12.1. The average molecular weight is 319 g/mol. The fourth-order valence-electron chi connectivity index (χ4n) is 2.14. The van der Waals surface area contributed by atoms with Crippen molar-refractivity contribution in [2.24, 2.45) is 0 Å². The van der Waals surface area contributed by atoms with Gasteiger partial charge in [-0.05, 0) is 18.1 Å². The molecule has 0 aliphatic heterocycles. The highest BCUT2D eigenvalue weighted by molar-refractivity contribution is 5.96. The molecule has 0 spiro atoms. The fraction of sp³-hybridized carbons (Fsp3) is 0.167. The number of nitrogens with one attached hydrogen (secondary N) is 1. The lowest BCUT2D eigenvalue weighted by molar-refractivity contribution is -0.117. The van der Waals surface area contributed by atoms with Crippen LogP contribution in [0, 0.1) is 6.92 Å². The van der Waals surface area contributed by atoms with Crippen molar-refractivity contribution in [2.45, 2.75) is 19.6 Å². The molecule has 0 bridgehead atoms. The van der Waals surface area contributed by atoms with Crippen LogP contribution >= 0.6 is 0 Å². The summed E-state index contributed by atoms with van der Waals surface area (Å²) in [5.74, 6) is -0.775. The van der Waals surface area contributed by atoms with Crippen LogP contribution in [0.15, 0.2) is 60.7 Å². The molecule has 2 rings (SSSR count). The smallest absolute Gasteiger partial charge is 0.348 e. The molecular formula is C18H16F3NO. The number of hydrogen-bond donors (Lipinski definition) is 1. The van der Waals surface area contributed by atoms with Crippen molar-refractivity contribution in [1.29, 1.82) is 0 Å². The first-order chi connectivity index (χ1) is 10.9. The van der Waals surface area contributed by atoms with Crippen LogP contribution in [-0.4, -0.2) is 12.1 Å². The number of aryl methyl sites for hydroxylation is 1. The zero-order valence-electron chi connectivity index (χ0n) is 12.5. The predicted molar refractivity (Wildman–Crippen MR) is 83.5 cm³/mol. The number of carbonyl (C=O) groups is 1. The minimum absolute atomic E-state index is 0.0364. The van der Waals surface area contributed by atoms with Gasteiger partial charge in [0.25, 0.3) is 0 Å². The molecule has 5 heteroatoms. The molecule has 23 heavy (non-hydrogen) atoms. The van der Waals surface area contributed by atoms with Gasteiger partial charge in [0.15, 0.2) is 0 Å². The van der Waals surface area contributed by atoms with Gasteiger partial charge in [0.2, 0.25) is 5.91 Å². The van der Waals surface area contributed by atoms with E-state index in [9.17, 15) is 18.0 Å². The first-order valence-electron chi connectivity index (χ1n) is 7.04. The van der Waals surface area contributed by atoms with Gasteiger partial charge in [-0.3, -0.25) is 4.79 Å². The second kappa shape index (κ2) is 7.13. The van der Waals surface area contributed by atoms with Crippen LogP contribution in [0.5, 0.6) is 0 Å². The number of carbonyl (C=O) groups excluding carboxylic acids is 1. The average Bonchev–Trinajstić information content (AvgIpc) is 2.50. The molecule has 0 saturated carbocycles. The predicted octanol–water partition coefficient (Wildman–Crippen LogP) is 4.26. The SMILES string of the molecule is Cc1cccc(CNC(=O)/C=C(/c2ccccc2)C(F)(F)F)c1. The second-order valence-electron chi connectivity index (χ2n) is 5.13. The van der Waals surface area contributed by atoms with E-state index in [-0.39, 0.29) is 12.1 Å². The highest BCUT2D eigenvalue weighted by Crippen LogP contribution is 2.33. The van der Waals surface area contributed by atoms with Crippen molar-refractivity contribution >= 4 is 11.5 Å². The molecule has 2 nitrogen and oxygen atoms in total. The van der Waals surface area contributed by atoms with Gasteiger partial charge < -0.3 is 5.32 Å². The summed E-state index contributed by atoms with van der Waals surface area (Å²) >= 11 is 0. The Morgan fingerprint density at radius 3 is 2.39 bits per heavy atom. The molecule has 0 aromatic heterocycles. The first-order valence-corrected chi connectivity index (χ1v) is 7.04. The minimum Gasteiger partial charge on any atom is -0.348 e. The van der Waals surface area contributed by atoms with Crippen LogP contribution in [0.1, 0.15) is 16.7 Å². The zero-order chi connectivity index (χ0) is 16.9. The number of alkyl halides is 3. The molecule has 0 fully saturated rings. The van der Waals surface area contributed by atoms with Crippen molar-refractivity contribution in [1.82, 2.24) is 5.32 Å². The number of benzene rings is 2. The zero-order valence-corrected chi connectivity index (χ0v) is 12.5. The number of hydrogen-bond acceptors (Lipinski definition) is 1. The Kier molecular flexibility index (Phi) is 5.21. The van der Waals surface area contributed by atoms with Gasteiger partial charge in [0.1, 0.15) is 0 Å². The lowest BCUT2D eigenvalue weighted by Gasteiger charge is -2.12. The quantitative estimate of drug-likeness (QED) is 0.838. The number of amides is 1. The Balaban J connectivity index is 2.14. The summed E-state index contributed by atoms with van der Waals surface area (Å²) in [5, 5.41) is 2.48. The van der Waals surface area contributed by atoms with Crippen molar-refractivity contribution < 1.29 is 18.0 Å². The summed E-state index contributed by atoms with van der Waals surface area (Å²) in [6, 6.07) is 14.7. The molecule has 0 heterocycles. The molecule has 0 aliphatic carbocycles. The monoisotopic (exact) mass is 319 g/mol. The number of allylic oxidation sites excluding steroid dienone is 1. The van der Waals surface area contributed by atoms with E-state index in [1.807, 2.05) is 25.1 Å². The van der Waals surface area contributed by atoms with Crippen molar-refractivity contribution in [3.05, 3.63) is 77.4 Å². The Bertz CT molecular complexity index is 706. The number of rotatable bonds is 4. The van der Waals surface area contributed by atoms with Crippen LogP contribution in [0.2, 0.25) is 0 Å². The standard InChI is InChI=1S/C18H16F3NO/c1-13-6-5-7-14(10-13)12-22-17(23)11-16(18(19,20)21)15-8-3-2-4-9-15/h2-11H,12H2,1H3,(H,22,23)/b16-11-. The summed E-state index contributed by atoms with van der Waals surface area (Å²) in [6.45, 7) is 2.08. The van der Waals surface area contributed by atoms with E-state index in [1.165, 1.54) is 24.3 Å². The minimum atomic E-state index is -4.60. The van der Waals surface area contributed by atoms with Gasteiger partial charge in [-0.2, -0.15) is 13.2 Å². The lowest BCUT2D eigenvalue weighted by atomic mass is 10.1. The molecule has 1 N–H and O–H groups in total. The van der Waals surface area contributed by atoms with Gasteiger partial charge >= 0.3 is 6.18 Å². The van der Waals surface area contributed by atoms with Gasteiger partial charge in [-0.25, -0.2) is 0 Å². The summed E-state index contributed by atoms with van der Waals surface area (Å²) in [6.07, 6.45) is -3.99. The molecule has 120 valence electrons. The van der Waals surface area contributed by atoms with E-state index in [2.05, 4.69) is 5.32 Å². The van der Waals surface area contributed by atoms with Crippen LogP contribution in [0.4, 0.5) is 13.2 Å². The maximum atomic E-state index is 13.1. The first kappa shape index (κ1) is 16.8. The van der Waals surface area contributed by atoms with E-state index in [0.717, 1.165) is 11.1 Å². The topological polar surface area (TPSA) is 29.1 Å². The largest absolute Gasteiger partial charge is 0.417 e. The van der Waals surface area contributed by atoms with E-state index < -0.39 is 17.7 Å². The third-order valence-corrected chi connectivity index (χ3v) is 3.21. The van der Waals surface area contributed by atoms with Gasteiger partial charge in [0.05, 0.1) is 5.57 Å². The van der Waals surface area contributed by atoms with Gasteiger partial charge in [-0.1, -0.05) is 60.2 Å². The van der Waals surface area contributed by atoms with E-state index >= 15 is 0 Å². The Morgan fingerprint density at radius 1 is 1.09 bits per heavy atom. The summed E-state index contributed by atoms with van der Waals surface area (Å²) in [4.78, 5) is 11.8. The maximum Gasteiger partial charge on any atom is 0.417 e. The summed E-state index contributed by atoms with van der Waals surface area (Å²) in [7, 11) is 0. The summed E-state index contributed by atoms with van der Waals surface area (Å²) in [5.41, 5.74) is 0.859. The molecule has 0 atom stereocenters. The molecule has 0 radical (unpaired) electrons. The Labute approximate surface area is 132 Å². The van der Waals surface area contributed by atoms with Crippen LogP contribution < -0.4 is 5.32 Å². The lowest BCUT2D eigenvalue weighted by Crippen LogP contribution is -2.23. The van der Waals surface area contributed by atoms with E-state index in [4.69, 9.17) is 0 Å². The van der Waals surface area contributed by atoms with Crippen LogP contribution in [0.3, 0.4) is 0 Å². The van der Waals surface area contributed by atoms with Crippen molar-refractivity contribution in [3.8, 4) is 0 Å². The third-order valence-electron chi connectivity index (χ3n) is 3.21. The molecular weight excluding hydrogens is 303 g/mol. The maximum absolute atomic E-state index is 13.1. The molecule has 0 saturated heterocycles. The van der Waals surface area contributed by atoms with E-state index in [0.29, 0.717) is 6.08 Å². The fourth-order valence-corrected chi connectivity index (χ4v) is 2.14. The Morgan fingerprint density at radius 2 is 1.78 bits per heavy atom. The van der Waals surface area contributed by atoms with Crippen LogP contribution in [0.25, 0.3) is 5.57 Å². The molecule has 0 unspecified atom stereocenters. The highest BCUT2D eigenvalue weighted by Gasteiger charge is 2.35. The molecule has 2 aromatic carbocycles. The van der Waals surface area contributed by atoms with Crippen molar-refractivity contribution in [3.63, 3.8) is 0 Å². The van der Waals surface area contributed by atoms with Crippen LogP contribution in [-0.2, 0) is 11.3 Å². The van der Waals surface area contributed by atoms with E-state index in [1.54, 1.807) is 12.1 Å². The molecule has 2 aromatic rings. The highest BCUT2D eigenvalue weighted by atomic mass is 19.4. The number of halogens is 3. The Hall–Kier alpha value is -2.56. The second-order valence-corrected chi connectivity index (χ2v) is 5.13.